The van der Waals surface area contributed by atoms with Gasteiger partial charge in [0.2, 0.25) is 0 Å². The van der Waals surface area contributed by atoms with Crippen molar-refractivity contribution in [2.45, 2.75) is 290 Å². The van der Waals surface area contributed by atoms with E-state index in [-0.39, 0.29) is 31.1 Å². The molecule has 0 fully saturated rings. The topological polar surface area (TPSA) is 78.9 Å². The molecular formula is C54H100O6. The average Bonchev–Trinajstić information content (AvgIpc) is 3.24. The van der Waals surface area contributed by atoms with Crippen molar-refractivity contribution < 1.29 is 28.6 Å². The molecule has 0 N–H and O–H groups in total. The molecule has 0 bridgehead atoms. The first-order valence-electron chi connectivity index (χ1n) is 26.3. The number of esters is 3. The fourth-order valence-corrected chi connectivity index (χ4v) is 7.65. The number of allylic oxidation sites excluding steroid dienone is 4. The van der Waals surface area contributed by atoms with Crippen LogP contribution < -0.4 is 0 Å². The van der Waals surface area contributed by atoms with Gasteiger partial charge in [0.1, 0.15) is 13.2 Å². The molecule has 6 nitrogen and oxygen atoms in total. The minimum absolute atomic E-state index is 0.0734. The van der Waals surface area contributed by atoms with E-state index in [1.165, 1.54) is 173 Å². The lowest BCUT2D eigenvalue weighted by Crippen LogP contribution is -2.30. The van der Waals surface area contributed by atoms with E-state index in [4.69, 9.17) is 14.2 Å². The Morgan fingerprint density at radius 3 is 0.883 bits per heavy atom. The highest BCUT2D eigenvalue weighted by Gasteiger charge is 2.19. The number of ether oxygens (including phenoxy) is 3. The van der Waals surface area contributed by atoms with E-state index in [1.807, 2.05) is 0 Å². The van der Waals surface area contributed by atoms with Crippen molar-refractivity contribution in [1.82, 2.24) is 0 Å². The van der Waals surface area contributed by atoms with Crippen molar-refractivity contribution in [3.63, 3.8) is 0 Å². The first-order chi connectivity index (χ1) is 29.5. The Labute approximate surface area is 373 Å². The Bertz CT molecular complexity index is 973. The Kier molecular flexibility index (Phi) is 47.8. The lowest BCUT2D eigenvalue weighted by molar-refractivity contribution is -0.167. The summed E-state index contributed by atoms with van der Waals surface area (Å²) in [6.45, 7) is 6.61. The smallest absolute Gasteiger partial charge is 0.306 e. The van der Waals surface area contributed by atoms with Crippen molar-refractivity contribution in [2.24, 2.45) is 0 Å². The standard InChI is InChI=1S/C54H100O6/c1-4-7-10-13-16-19-22-24-26-28-29-32-35-38-41-44-47-53(56)59-50-51(49-58-52(55)46-43-40-37-34-31-21-18-15-12-9-6-3)60-54(57)48-45-42-39-36-33-30-27-25-23-20-17-14-11-8-5-2/h15,18,25,27,51H,4-14,16-17,19-24,26,28-50H2,1-3H3/b18-15-,27-25-. The maximum absolute atomic E-state index is 12.8. The third kappa shape index (κ3) is 46.9. The number of hydrogen-bond acceptors (Lipinski definition) is 6. The molecule has 0 radical (unpaired) electrons. The van der Waals surface area contributed by atoms with Crippen LogP contribution in [0.2, 0.25) is 0 Å². The van der Waals surface area contributed by atoms with Crippen molar-refractivity contribution >= 4 is 17.9 Å². The first kappa shape index (κ1) is 57.9. The fraction of sp³-hybridized carbons (Fsp3) is 0.870. The van der Waals surface area contributed by atoms with Crippen LogP contribution in [0.3, 0.4) is 0 Å². The van der Waals surface area contributed by atoms with Gasteiger partial charge in [-0.2, -0.15) is 0 Å². The highest BCUT2D eigenvalue weighted by molar-refractivity contribution is 5.71. The molecule has 0 rings (SSSR count). The van der Waals surface area contributed by atoms with E-state index in [9.17, 15) is 14.4 Å². The average molecular weight is 845 g/mol. The van der Waals surface area contributed by atoms with Crippen LogP contribution in [0.5, 0.6) is 0 Å². The molecule has 0 aromatic heterocycles. The summed E-state index contributed by atoms with van der Waals surface area (Å²) in [4.78, 5) is 37.9. The number of carbonyl (C=O) groups excluding carboxylic acids is 3. The molecule has 0 aliphatic rings. The van der Waals surface area contributed by atoms with Crippen molar-refractivity contribution in [2.75, 3.05) is 13.2 Å². The molecule has 0 saturated carbocycles. The first-order valence-corrected chi connectivity index (χ1v) is 26.3. The molecular weight excluding hydrogens is 745 g/mol. The van der Waals surface area contributed by atoms with Crippen molar-refractivity contribution in [1.29, 1.82) is 0 Å². The summed E-state index contributed by atoms with van der Waals surface area (Å²) in [5, 5.41) is 0. The van der Waals surface area contributed by atoms with Gasteiger partial charge >= 0.3 is 17.9 Å². The minimum Gasteiger partial charge on any atom is -0.462 e. The normalized spacial score (nSPS) is 12.1. The summed E-state index contributed by atoms with van der Waals surface area (Å²) in [5.41, 5.74) is 0. The molecule has 352 valence electrons. The van der Waals surface area contributed by atoms with Gasteiger partial charge in [0.25, 0.3) is 0 Å². The zero-order valence-corrected chi connectivity index (χ0v) is 40.2. The molecule has 1 atom stereocenters. The lowest BCUT2D eigenvalue weighted by atomic mass is 10.0. The van der Waals surface area contributed by atoms with E-state index in [0.29, 0.717) is 19.3 Å². The van der Waals surface area contributed by atoms with Gasteiger partial charge in [0.15, 0.2) is 6.10 Å². The van der Waals surface area contributed by atoms with Gasteiger partial charge in [0, 0.05) is 19.3 Å². The second-order valence-electron chi connectivity index (χ2n) is 17.8. The van der Waals surface area contributed by atoms with Crippen LogP contribution in [-0.4, -0.2) is 37.2 Å². The second kappa shape index (κ2) is 49.5. The van der Waals surface area contributed by atoms with Gasteiger partial charge in [-0.3, -0.25) is 14.4 Å². The van der Waals surface area contributed by atoms with Gasteiger partial charge in [-0.05, 0) is 64.2 Å². The van der Waals surface area contributed by atoms with Crippen LogP contribution in [0.25, 0.3) is 0 Å². The van der Waals surface area contributed by atoms with Crippen molar-refractivity contribution in [3.05, 3.63) is 24.3 Å². The van der Waals surface area contributed by atoms with Crippen LogP contribution in [-0.2, 0) is 28.6 Å². The predicted octanol–water partition coefficient (Wildman–Crippen LogP) is 17.2. The van der Waals surface area contributed by atoms with Gasteiger partial charge < -0.3 is 14.2 Å². The maximum Gasteiger partial charge on any atom is 0.306 e. The van der Waals surface area contributed by atoms with Gasteiger partial charge in [-0.25, -0.2) is 0 Å². The molecule has 60 heavy (non-hydrogen) atoms. The Balaban J connectivity index is 4.33. The monoisotopic (exact) mass is 845 g/mol. The van der Waals surface area contributed by atoms with Crippen LogP contribution in [0.4, 0.5) is 0 Å². The van der Waals surface area contributed by atoms with Crippen LogP contribution >= 0.6 is 0 Å². The van der Waals surface area contributed by atoms with E-state index in [0.717, 1.165) is 70.6 Å². The van der Waals surface area contributed by atoms with Crippen LogP contribution in [0, 0.1) is 0 Å². The molecule has 0 amide bonds. The van der Waals surface area contributed by atoms with Crippen LogP contribution in [0.15, 0.2) is 24.3 Å². The number of hydrogen-bond donors (Lipinski definition) is 0. The Hall–Kier alpha value is -2.11. The second-order valence-corrected chi connectivity index (χ2v) is 17.8. The molecule has 0 aliphatic heterocycles. The minimum atomic E-state index is -0.773. The number of carbonyl (C=O) groups is 3. The lowest BCUT2D eigenvalue weighted by Gasteiger charge is -2.18. The summed E-state index contributed by atoms with van der Waals surface area (Å²) < 4.78 is 16.8. The fourth-order valence-electron chi connectivity index (χ4n) is 7.65. The molecule has 0 aromatic carbocycles. The molecule has 0 saturated heterocycles. The summed E-state index contributed by atoms with van der Waals surface area (Å²) in [5.74, 6) is -0.879. The molecule has 0 aromatic rings. The summed E-state index contributed by atoms with van der Waals surface area (Å²) in [6.07, 6.45) is 55.9. The quantitative estimate of drug-likeness (QED) is 0.0263. The van der Waals surface area contributed by atoms with Gasteiger partial charge in [-0.15, -0.1) is 0 Å². The zero-order valence-electron chi connectivity index (χ0n) is 40.2. The summed E-state index contributed by atoms with van der Waals surface area (Å²) >= 11 is 0. The molecule has 0 aliphatic carbocycles. The summed E-state index contributed by atoms with van der Waals surface area (Å²) in [7, 11) is 0. The maximum atomic E-state index is 12.8. The van der Waals surface area contributed by atoms with Crippen molar-refractivity contribution in [3.8, 4) is 0 Å². The van der Waals surface area contributed by atoms with Gasteiger partial charge in [0.05, 0.1) is 0 Å². The number of unbranched alkanes of at least 4 members (excludes halogenated alkanes) is 33. The Morgan fingerprint density at radius 1 is 0.317 bits per heavy atom. The highest BCUT2D eigenvalue weighted by Crippen LogP contribution is 2.16. The van der Waals surface area contributed by atoms with E-state index in [1.54, 1.807) is 0 Å². The molecule has 6 heteroatoms. The van der Waals surface area contributed by atoms with Gasteiger partial charge in [-0.1, -0.05) is 225 Å². The number of rotatable bonds is 48. The third-order valence-corrected chi connectivity index (χ3v) is 11.7. The predicted molar refractivity (Wildman–Crippen MR) is 256 cm³/mol. The molecule has 0 heterocycles. The molecule has 1 unspecified atom stereocenters. The third-order valence-electron chi connectivity index (χ3n) is 11.7. The largest absolute Gasteiger partial charge is 0.462 e. The zero-order chi connectivity index (χ0) is 43.7. The van der Waals surface area contributed by atoms with E-state index >= 15 is 0 Å². The Morgan fingerprint density at radius 2 is 0.567 bits per heavy atom. The summed E-state index contributed by atoms with van der Waals surface area (Å²) in [6, 6.07) is 0. The van der Waals surface area contributed by atoms with E-state index < -0.39 is 6.10 Å². The highest BCUT2D eigenvalue weighted by atomic mass is 16.6. The van der Waals surface area contributed by atoms with E-state index in [2.05, 4.69) is 45.1 Å². The molecule has 0 spiro atoms. The SMILES string of the molecule is CCCC/C=C\CCCCCCCC(=O)OCC(COC(=O)CCCCCCCCCCCCCCCCCC)OC(=O)CCCCCCC/C=C\CCCCCCCC. The van der Waals surface area contributed by atoms with Crippen LogP contribution in [0.1, 0.15) is 284 Å².